The molecule has 4 rings (SSSR count). The van der Waals surface area contributed by atoms with Crippen LogP contribution in [0.1, 0.15) is 12.1 Å². The van der Waals surface area contributed by atoms with Crippen molar-refractivity contribution < 1.29 is 4.79 Å². The molecule has 1 aromatic carbocycles. The van der Waals surface area contributed by atoms with Crippen molar-refractivity contribution in [1.29, 1.82) is 0 Å². The van der Waals surface area contributed by atoms with Gasteiger partial charge in [0.1, 0.15) is 0 Å². The number of nitrogens with zero attached hydrogens (tertiary/aromatic N) is 4. The molecular weight excluding hydrogens is 382 g/mol. The van der Waals surface area contributed by atoms with Gasteiger partial charge in [0.2, 0.25) is 5.91 Å². The predicted octanol–water partition coefficient (Wildman–Crippen LogP) is 3.66. The largest absolute Gasteiger partial charge is 0.356 e. The molecule has 1 N–H and O–H groups in total. The summed E-state index contributed by atoms with van der Waals surface area (Å²) < 4.78 is 3.98. The normalized spacial score (nSPS) is 11.1. The lowest BCUT2D eigenvalue weighted by molar-refractivity contribution is -0.120. The van der Waals surface area contributed by atoms with Gasteiger partial charge in [0.05, 0.1) is 18.4 Å². The van der Waals surface area contributed by atoms with Gasteiger partial charge >= 0.3 is 0 Å². The van der Waals surface area contributed by atoms with Gasteiger partial charge in [-0.2, -0.15) is 0 Å². The van der Waals surface area contributed by atoms with E-state index in [-0.39, 0.29) is 5.91 Å². The lowest BCUT2D eigenvalue weighted by atomic mass is 10.2. The van der Waals surface area contributed by atoms with Crippen LogP contribution in [-0.2, 0) is 17.8 Å². The first-order valence-corrected chi connectivity index (χ1v) is 9.88. The van der Waals surface area contributed by atoms with Crippen molar-refractivity contribution in [2.45, 2.75) is 19.4 Å². The Kier molecular flexibility index (Phi) is 5.22. The number of rotatable bonds is 7. The number of aryl methyl sites for hydroxylation is 1. The minimum atomic E-state index is 0.0158. The van der Waals surface area contributed by atoms with Crippen LogP contribution in [0.25, 0.3) is 16.2 Å². The third-order valence-electron chi connectivity index (χ3n) is 4.24. The molecule has 0 bridgehead atoms. The number of hydrogen-bond donors (Lipinski definition) is 1. The molecule has 0 saturated carbocycles. The SMILES string of the molecule is O=C(Cc1csc2nc(-c3ccc(Cl)cc3)cn12)NCCCn1ccnc1. The summed E-state index contributed by atoms with van der Waals surface area (Å²) >= 11 is 7.48. The average Bonchev–Trinajstić information content (AvgIpc) is 3.38. The quantitative estimate of drug-likeness (QED) is 0.482. The van der Waals surface area contributed by atoms with Crippen LogP contribution in [-0.4, -0.2) is 31.4 Å². The van der Waals surface area contributed by atoms with Crippen LogP contribution in [0.2, 0.25) is 5.02 Å². The van der Waals surface area contributed by atoms with Gasteiger partial charge < -0.3 is 9.88 Å². The Balaban J connectivity index is 1.37. The van der Waals surface area contributed by atoms with Crippen LogP contribution < -0.4 is 5.32 Å². The Morgan fingerprint density at radius 3 is 2.89 bits per heavy atom. The van der Waals surface area contributed by atoms with Gasteiger partial charge in [-0.3, -0.25) is 9.20 Å². The van der Waals surface area contributed by atoms with Gasteiger partial charge in [0.25, 0.3) is 0 Å². The lowest BCUT2D eigenvalue weighted by Gasteiger charge is -2.05. The van der Waals surface area contributed by atoms with Gasteiger partial charge in [-0.05, 0) is 18.6 Å². The van der Waals surface area contributed by atoms with E-state index in [0.717, 1.165) is 34.9 Å². The zero-order chi connectivity index (χ0) is 18.6. The molecule has 138 valence electrons. The average molecular weight is 400 g/mol. The number of carbonyl (C=O) groups is 1. The molecule has 0 radical (unpaired) electrons. The standard InChI is InChI=1S/C19H18ClN5OS/c20-15-4-2-14(3-5-15)17-11-25-16(12-27-19(25)23-17)10-18(26)22-6-1-8-24-9-7-21-13-24/h2-5,7,9,11-13H,1,6,8,10H2,(H,22,26). The first-order valence-electron chi connectivity index (χ1n) is 8.63. The van der Waals surface area contributed by atoms with Gasteiger partial charge in [-0.25, -0.2) is 9.97 Å². The summed E-state index contributed by atoms with van der Waals surface area (Å²) in [4.78, 5) is 21.8. The van der Waals surface area contributed by atoms with Crippen molar-refractivity contribution in [3.63, 3.8) is 0 Å². The topological polar surface area (TPSA) is 64.2 Å². The summed E-state index contributed by atoms with van der Waals surface area (Å²) in [5, 5.41) is 5.66. The molecule has 0 fully saturated rings. The number of imidazole rings is 2. The number of nitrogens with one attached hydrogen (secondary N) is 1. The van der Waals surface area contributed by atoms with E-state index in [9.17, 15) is 4.79 Å². The summed E-state index contributed by atoms with van der Waals surface area (Å²) in [7, 11) is 0. The molecule has 1 amide bonds. The number of benzene rings is 1. The fourth-order valence-electron chi connectivity index (χ4n) is 2.85. The molecule has 27 heavy (non-hydrogen) atoms. The molecule has 4 aromatic rings. The molecule has 3 aromatic heterocycles. The Hall–Kier alpha value is -2.64. The fraction of sp³-hybridized carbons (Fsp3) is 0.211. The van der Waals surface area contributed by atoms with Crippen LogP contribution in [0.5, 0.6) is 0 Å². The second kappa shape index (κ2) is 7.94. The van der Waals surface area contributed by atoms with Crippen molar-refractivity contribution in [1.82, 2.24) is 24.3 Å². The van der Waals surface area contributed by atoms with Gasteiger partial charge in [-0.1, -0.05) is 23.7 Å². The van der Waals surface area contributed by atoms with Crippen LogP contribution in [0, 0.1) is 0 Å². The second-order valence-corrected chi connectivity index (χ2v) is 7.47. The van der Waals surface area contributed by atoms with E-state index in [4.69, 9.17) is 11.6 Å². The van der Waals surface area contributed by atoms with Gasteiger partial charge in [-0.15, -0.1) is 11.3 Å². The number of amides is 1. The summed E-state index contributed by atoms with van der Waals surface area (Å²) in [5.74, 6) is 0.0158. The fourth-order valence-corrected chi connectivity index (χ4v) is 3.85. The second-order valence-electron chi connectivity index (χ2n) is 6.19. The molecule has 8 heteroatoms. The Morgan fingerprint density at radius 2 is 2.11 bits per heavy atom. The maximum absolute atomic E-state index is 12.3. The van der Waals surface area contributed by atoms with Crippen molar-refractivity contribution >= 4 is 33.8 Å². The number of carbonyl (C=O) groups excluding carboxylic acids is 1. The highest BCUT2D eigenvalue weighted by Gasteiger charge is 2.12. The number of thiazole rings is 1. The van der Waals surface area contributed by atoms with Gasteiger partial charge in [0.15, 0.2) is 4.96 Å². The lowest BCUT2D eigenvalue weighted by Crippen LogP contribution is -2.27. The Morgan fingerprint density at radius 1 is 1.26 bits per heavy atom. The van der Waals surface area contributed by atoms with Crippen molar-refractivity contribution in [2.24, 2.45) is 0 Å². The van der Waals surface area contributed by atoms with E-state index in [2.05, 4.69) is 15.3 Å². The van der Waals surface area contributed by atoms with E-state index in [1.807, 2.05) is 51.0 Å². The van der Waals surface area contributed by atoms with E-state index in [1.165, 1.54) is 11.3 Å². The van der Waals surface area contributed by atoms with Crippen LogP contribution in [0.15, 0.2) is 54.6 Å². The molecule has 0 saturated heterocycles. The summed E-state index contributed by atoms with van der Waals surface area (Å²) in [6.07, 6.45) is 8.62. The maximum Gasteiger partial charge on any atom is 0.225 e. The highest BCUT2D eigenvalue weighted by Crippen LogP contribution is 2.25. The molecular formula is C19H18ClN5OS. The molecule has 3 heterocycles. The monoisotopic (exact) mass is 399 g/mol. The predicted molar refractivity (Wildman–Crippen MR) is 107 cm³/mol. The maximum atomic E-state index is 12.3. The first kappa shape index (κ1) is 17.8. The van der Waals surface area contributed by atoms with E-state index in [1.54, 1.807) is 12.5 Å². The minimum Gasteiger partial charge on any atom is -0.356 e. The summed E-state index contributed by atoms with van der Waals surface area (Å²) in [6.45, 7) is 1.49. The van der Waals surface area contributed by atoms with Crippen molar-refractivity contribution in [3.8, 4) is 11.3 Å². The number of aromatic nitrogens is 4. The summed E-state index contributed by atoms with van der Waals surface area (Å²) in [6, 6.07) is 7.59. The molecule has 0 aliphatic rings. The Labute approximate surface area is 165 Å². The van der Waals surface area contributed by atoms with Crippen molar-refractivity contribution in [3.05, 3.63) is 65.3 Å². The van der Waals surface area contributed by atoms with E-state index in [0.29, 0.717) is 18.0 Å². The Bertz CT molecular complexity index is 1040. The van der Waals surface area contributed by atoms with E-state index >= 15 is 0 Å². The van der Waals surface area contributed by atoms with Crippen LogP contribution in [0.4, 0.5) is 0 Å². The van der Waals surface area contributed by atoms with E-state index < -0.39 is 0 Å². The number of hydrogen-bond acceptors (Lipinski definition) is 4. The molecule has 6 nitrogen and oxygen atoms in total. The first-order chi connectivity index (χ1) is 13.2. The van der Waals surface area contributed by atoms with Crippen molar-refractivity contribution in [2.75, 3.05) is 6.54 Å². The van der Waals surface area contributed by atoms with Crippen LogP contribution in [0.3, 0.4) is 0 Å². The molecule has 0 aliphatic carbocycles. The van der Waals surface area contributed by atoms with Crippen LogP contribution >= 0.6 is 22.9 Å². The third kappa shape index (κ3) is 4.20. The minimum absolute atomic E-state index is 0.0158. The smallest absolute Gasteiger partial charge is 0.225 e. The van der Waals surface area contributed by atoms with Gasteiger partial charge in [0, 0.05) is 53.3 Å². The zero-order valence-corrected chi connectivity index (χ0v) is 16.1. The highest BCUT2D eigenvalue weighted by molar-refractivity contribution is 7.15. The number of halogens is 1. The molecule has 0 spiro atoms. The molecule has 0 aliphatic heterocycles. The summed E-state index contributed by atoms with van der Waals surface area (Å²) in [5.41, 5.74) is 2.82. The molecule has 0 atom stereocenters. The third-order valence-corrected chi connectivity index (χ3v) is 5.38. The zero-order valence-electron chi connectivity index (χ0n) is 14.5. The molecule has 0 unspecified atom stereocenters. The highest BCUT2D eigenvalue weighted by atomic mass is 35.5. The number of fused-ring (bicyclic) bond motifs is 1.